The van der Waals surface area contributed by atoms with Crippen molar-refractivity contribution in [3.05, 3.63) is 0 Å². The molecular weight excluding hydrogens is 392 g/mol. The van der Waals surface area contributed by atoms with Gasteiger partial charge in [-0.2, -0.15) is 0 Å². The van der Waals surface area contributed by atoms with Crippen LogP contribution in [0.5, 0.6) is 0 Å². The molecule has 3 fully saturated rings. The summed E-state index contributed by atoms with van der Waals surface area (Å²) in [7, 11) is 1.78. The number of ether oxygens (including phenoxy) is 3. The highest BCUT2D eigenvalue weighted by Gasteiger charge is 2.42. The molecule has 7 nitrogen and oxygen atoms in total. The SMILES string of the molecule is CC.CC.CCOCCN1C[C@@H]2CC1CN2CCOCCN1CCN(CCOC)CC1. The third kappa shape index (κ3) is 10.5. The quantitative estimate of drug-likeness (QED) is 0.403. The molecule has 3 aliphatic heterocycles. The Morgan fingerprint density at radius 2 is 1.10 bits per heavy atom. The Kier molecular flexibility index (Phi) is 16.9. The van der Waals surface area contributed by atoms with E-state index in [2.05, 4.69) is 26.5 Å². The summed E-state index contributed by atoms with van der Waals surface area (Å²) in [5.41, 5.74) is 0. The molecule has 0 aliphatic carbocycles. The van der Waals surface area contributed by atoms with Crippen molar-refractivity contribution in [3.8, 4) is 0 Å². The number of rotatable bonds is 13. The summed E-state index contributed by atoms with van der Waals surface area (Å²) in [4.78, 5) is 10.3. The number of hydrogen-bond acceptors (Lipinski definition) is 7. The van der Waals surface area contributed by atoms with E-state index in [1.54, 1.807) is 7.11 Å². The first-order valence-corrected chi connectivity index (χ1v) is 12.9. The van der Waals surface area contributed by atoms with E-state index < -0.39 is 0 Å². The first kappa shape index (κ1) is 28.8. The highest BCUT2D eigenvalue weighted by atomic mass is 16.5. The third-order valence-electron chi connectivity index (χ3n) is 6.35. The number of likely N-dealkylation sites (tertiary alicyclic amines) is 2. The van der Waals surface area contributed by atoms with Crippen LogP contribution in [-0.4, -0.2) is 137 Å². The van der Waals surface area contributed by atoms with Gasteiger partial charge in [0.2, 0.25) is 0 Å². The predicted octanol–water partition coefficient (Wildman–Crippen LogP) is 2.11. The van der Waals surface area contributed by atoms with Crippen LogP contribution in [0.15, 0.2) is 0 Å². The average Bonchev–Trinajstić information content (AvgIpc) is 3.41. The van der Waals surface area contributed by atoms with Gasteiger partial charge in [0.1, 0.15) is 0 Å². The number of piperazine rings is 2. The molecule has 3 rings (SSSR count). The molecule has 2 atom stereocenters. The summed E-state index contributed by atoms with van der Waals surface area (Å²) >= 11 is 0. The minimum absolute atomic E-state index is 0.736. The number of fused-ring (bicyclic) bond motifs is 2. The zero-order valence-corrected chi connectivity index (χ0v) is 21.5. The van der Waals surface area contributed by atoms with E-state index in [9.17, 15) is 0 Å². The molecule has 0 aromatic carbocycles. The number of methoxy groups -OCH3 is 1. The molecule has 186 valence electrons. The van der Waals surface area contributed by atoms with Crippen LogP contribution in [0.1, 0.15) is 41.0 Å². The molecule has 0 saturated carbocycles. The van der Waals surface area contributed by atoms with Crippen LogP contribution in [0.4, 0.5) is 0 Å². The van der Waals surface area contributed by atoms with Crippen molar-refractivity contribution in [2.24, 2.45) is 0 Å². The van der Waals surface area contributed by atoms with Crippen LogP contribution in [0.3, 0.4) is 0 Å². The van der Waals surface area contributed by atoms with Crippen molar-refractivity contribution in [1.82, 2.24) is 19.6 Å². The van der Waals surface area contributed by atoms with Crippen LogP contribution in [0, 0.1) is 0 Å². The Morgan fingerprint density at radius 3 is 1.55 bits per heavy atom. The van der Waals surface area contributed by atoms with Gasteiger partial charge in [0.25, 0.3) is 0 Å². The van der Waals surface area contributed by atoms with Crippen molar-refractivity contribution in [2.75, 3.05) is 106 Å². The minimum Gasteiger partial charge on any atom is -0.383 e. The van der Waals surface area contributed by atoms with Gasteiger partial charge in [-0.1, -0.05) is 27.7 Å². The highest BCUT2D eigenvalue weighted by Crippen LogP contribution is 2.29. The Bertz CT molecular complexity index is 408. The second-order valence-electron chi connectivity index (χ2n) is 8.02. The van der Waals surface area contributed by atoms with Gasteiger partial charge < -0.3 is 14.2 Å². The highest BCUT2D eigenvalue weighted by molar-refractivity contribution is 4.99. The molecule has 0 aromatic heterocycles. The second kappa shape index (κ2) is 18.2. The molecule has 3 aliphatic rings. The van der Waals surface area contributed by atoms with Crippen molar-refractivity contribution < 1.29 is 14.2 Å². The predicted molar refractivity (Wildman–Crippen MR) is 130 cm³/mol. The maximum absolute atomic E-state index is 5.95. The summed E-state index contributed by atoms with van der Waals surface area (Å²) in [6, 6.07) is 1.48. The lowest BCUT2D eigenvalue weighted by Gasteiger charge is -2.35. The maximum atomic E-state index is 5.95. The van der Waals surface area contributed by atoms with E-state index in [-0.39, 0.29) is 0 Å². The van der Waals surface area contributed by atoms with Crippen molar-refractivity contribution in [3.63, 3.8) is 0 Å². The standard InChI is InChI=1S/C20H40N4O3.2C2H6/c1-3-26-14-10-23-17-20-16-19(23)18-24(20)11-15-27-13-9-22-6-4-21(5-7-22)8-12-25-2;2*1-2/h19-20H,3-18H2,1-2H3;2*1-2H3/t19?,20-;;/m0../s1. The summed E-state index contributed by atoms with van der Waals surface area (Å²) in [5, 5.41) is 0. The van der Waals surface area contributed by atoms with Gasteiger partial charge in [0, 0.05) is 91.2 Å². The van der Waals surface area contributed by atoms with E-state index in [1.165, 1.54) is 19.5 Å². The zero-order valence-electron chi connectivity index (χ0n) is 21.5. The van der Waals surface area contributed by atoms with Crippen LogP contribution < -0.4 is 0 Å². The fourth-order valence-electron chi connectivity index (χ4n) is 4.64. The van der Waals surface area contributed by atoms with Gasteiger partial charge in [-0.05, 0) is 13.3 Å². The van der Waals surface area contributed by atoms with Gasteiger partial charge in [0.15, 0.2) is 0 Å². The molecule has 1 unspecified atom stereocenters. The van der Waals surface area contributed by atoms with Crippen molar-refractivity contribution in [2.45, 2.75) is 53.1 Å². The first-order valence-electron chi connectivity index (χ1n) is 12.9. The molecule has 0 radical (unpaired) electrons. The summed E-state index contributed by atoms with van der Waals surface area (Å²) in [5.74, 6) is 0. The molecule has 2 bridgehead atoms. The third-order valence-corrected chi connectivity index (χ3v) is 6.35. The number of nitrogens with zero attached hydrogens (tertiary/aromatic N) is 4. The van der Waals surface area contributed by atoms with E-state index in [4.69, 9.17) is 14.2 Å². The maximum Gasteiger partial charge on any atom is 0.0594 e. The zero-order chi connectivity index (χ0) is 22.9. The van der Waals surface area contributed by atoms with E-state index in [0.29, 0.717) is 0 Å². The fourth-order valence-corrected chi connectivity index (χ4v) is 4.64. The number of hydrogen-bond donors (Lipinski definition) is 0. The minimum atomic E-state index is 0.736. The molecule has 3 heterocycles. The molecule has 31 heavy (non-hydrogen) atoms. The van der Waals surface area contributed by atoms with E-state index in [1.807, 2.05) is 27.7 Å². The molecule has 0 amide bonds. The lowest BCUT2D eigenvalue weighted by Crippen LogP contribution is -2.48. The summed E-state index contributed by atoms with van der Waals surface area (Å²) < 4.78 is 16.6. The molecule has 7 heteroatoms. The monoisotopic (exact) mass is 444 g/mol. The summed E-state index contributed by atoms with van der Waals surface area (Å²) in [6.07, 6.45) is 1.33. The Balaban J connectivity index is 0.00000113. The van der Waals surface area contributed by atoms with Crippen LogP contribution in [-0.2, 0) is 14.2 Å². The lowest BCUT2D eigenvalue weighted by atomic mass is 10.2. The Hall–Kier alpha value is -0.280. The van der Waals surface area contributed by atoms with Gasteiger partial charge in [0.05, 0.1) is 26.4 Å². The second-order valence-corrected chi connectivity index (χ2v) is 8.02. The fraction of sp³-hybridized carbons (Fsp3) is 1.00. The Morgan fingerprint density at radius 1 is 0.645 bits per heavy atom. The van der Waals surface area contributed by atoms with Crippen LogP contribution in [0.2, 0.25) is 0 Å². The topological polar surface area (TPSA) is 40.7 Å². The molecule has 0 spiro atoms. The molecule has 0 N–H and O–H groups in total. The van der Waals surface area contributed by atoms with Crippen LogP contribution in [0.25, 0.3) is 0 Å². The first-order chi connectivity index (χ1) is 15.3. The molecule has 0 aromatic rings. The average molecular weight is 445 g/mol. The van der Waals surface area contributed by atoms with E-state index in [0.717, 1.165) is 97.5 Å². The largest absolute Gasteiger partial charge is 0.383 e. The normalized spacial score (nSPS) is 24.6. The van der Waals surface area contributed by atoms with Crippen LogP contribution >= 0.6 is 0 Å². The van der Waals surface area contributed by atoms with E-state index >= 15 is 0 Å². The Labute approximate surface area is 193 Å². The van der Waals surface area contributed by atoms with Crippen molar-refractivity contribution >= 4 is 0 Å². The summed E-state index contributed by atoms with van der Waals surface area (Å²) in [6.45, 7) is 25.7. The molecular formula is C24H52N4O3. The van der Waals surface area contributed by atoms with Gasteiger partial charge in [-0.3, -0.25) is 19.6 Å². The van der Waals surface area contributed by atoms with Crippen molar-refractivity contribution in [1.29, 1.82) is 0 Å². The van der Waals surface area contributed by atoms with Gasteiger partial charge in [-0.25, -0.2) is 0 Å². The lowest BCUT2D eigenvalue weighted by molar-refractivity contribution is 0.0423. The van der Waals surface area contributed by atoms with Gasteiger partial charge in [-0.15, -0.1) is 0 Å². The van der Waals surface area contributed by atoms with Gasteiger partial charge >= 0.3 is 0 Å². The molecule has 3 saturated heterocycles. The smallest absolute Gasteiger partial charge is 0.0594 e.